The molecule has 3 rings (SSSR count). The normalized spacial score (nSPS) is 10.8. The van der Waals surface area contributed by atoms with Gasteiger partial charge in [0.25, 0.3) is 5.89 Å². The Kier molecular flexibility index (Phi) is 3.47. The lowest BCUT2D eigenvalue weighted by molar-refractivity contribution is 0.494. The number of nitrogen functional groups attached to an aromatic ring is 1. The van der Waals surface area contributed by atoms with Gasteiger partial charge in [-0.3, -0.25) is 0 Å². The number of hydrogen-bond donors (Lipinski definition) is 1. The number of anilines is 1. The van der Waals surface area contributed by atoms with Crippen LogP contribution in [0.3, 0.4) is 0 Å². The Morgan fingerprint density at radius 3 is 2.90 bits per heavy atom. The van der Waals surface area contributed by atoms with Crippen LogP contribution < -0.4 is 5.73 Å². The van der Waals surface area contributed by atoms with Gasteiger partial charge in [-0.2, -0.15) is 0 Å². The zero-order valence-electron chi connectivity index (χ0n) is 10.9. The third kappa shape index (κ3) is 2.70. The van der Waals surface area contributed by atoms with E-state index in [1.165, 1.54) is 0 Å². The fraction of sp³-hybridized carbons (Fsp3) is 0.143. The average molecular weight is 287 g/mol. The smallest absolute Gasteiger partial charge is 0.283 e. The van der Waals surface area contributed by atoms with Crippen LogP contribution in [-0.4, -0.2) is 10.2 Å². The van der Waals surface area contributed by atoms with Gasteiger partial charge in [0.15, 0.2) is 5.76 Å². The van der Waals surface area contributed by atoms with Crippen LogP contribution in [0.15, 0.2) is 50.3 Å². The highest BCUT2D eigenvalue weighted by Gasteiger charge is 2.11. The number of benzene rings is 1. The minimum Gasteiger partial charge on any atom is -0.459 e. The van der Waals surface area contributed by atoms with Gasteiger partial charge < -0.3 is 14.6 Å². The molecule has 20 heavy (non-hydrogen) atoms. The van der Waals surface area contributed by atoms with E-state index in [2.05, 4.69) is 10.2 Å². The van der Waals surface area contributed by atoms with Crippen molar-refractivity contribution in [3.05, 3.63) is 48.0 Å². The summed E-state index contributed by atoms with van der Waals surface area (Å²) in [6.07, 6.45) is 1.58. The van der Waals surface area contributed by atoms with E-state index in [4.69, 9.17) is 14.6 Å². The summed E-state index contributed by atoms with van der Waals surface area (Å²) in [5.74, 6) is 2.16. The molecule has 2 heterocycles. The second-order valence-electron chi connectivity index (χ2n) is 4.29. The van der Waals surface area contributed by atoms with Crippen LogP contribution in [0.4, 0.5) is 5.69 Å². The zero-order valence-corrected chi connectivity index (χ0v) is 11.7. The van der Waals surface area contributed by atoms with Gasteiger partial charge in [-0.15, -0.1) is 22.0 Å². The summed E-state index contributed by atoms with van der Waals surface area (Å²) in [6.45, 7) is 2.03. The third-order valence-corrected chi connectivity index (χ3v) is 3.91. The Morgan fingerprint density at radius 1 is 1.25 bits per heavy atom. The van der Waals surface area contributed by atoms with Crippen molar-refractivity contribution in [3.63, 3.8) is 0 Å². The minimum absolute atomic E-state index is 0.402. The van der Waals surface area contributed by atoms with Crippen LogP contribution in [0.25, 0.3) is 11.7 Å². The second kappa shape index (κ2) is 5.42. The first kappa shape index (κ1) is 12.8. The van der Waals surface area contributed by atoms with Gasteiger partial charge in [-0.05, 0) is 42.8 Å². The molecule has 3 aromatic rings. The number of aryl methyl sites for hydroxylation is 1. The first-order valence-electron chi connectivity index (χ1n) is 6.07. The molecule has 0 unspecified atom stereocenters. The summed E-state index contributed by atoms with van der Waals surface area (Å²) in [7, 11) is 0. The highest BCUT2D eigenvalue weighted by molar-refractivity contribution is 7.98. The van der Waals surface area contributed by atoms with Crippen molar-refractivity contribution >= 4 is 17.4 Å². The van der Waals surface area contributed by atoms with Crippen molar-refractivity contribution < 1.29 is 8.83 Å². The fourth-order valence-electron chi connectivity index (χ4n) is 1.79. The third-order valence-electron chi connectivity index (χ3n) is 2.75. The highest BCUT2D eigenvalue weighted by atomic mass is 32.2. The Bertz CT molecular complexity index is 707. The standard InChI is InChI=1S/C14H13N3O2S/c1-9-7-10(15)4-5-12(9)20-8-13-16-17-14(19-13)11-3-2-6-18-11/h2-7H,8,15H2,1H3. The molecule has 6 heteroatoms. The first-order chi connectivity index (χ1) is 9.72. The second-order valence-corrected chi connectivity index (χ2v) is 5.31. The molecule has 0 aliphatic carbocycles. The summed E-state index contributed by atoms with van der Waals surface area (Å²) >= 11 is 1.64. The number of rotatable bonds is 4. The molecule has 0 atom stereocenters. The van der Waals surface area contributed by atoms with E-state index in [0.717, 1.165) is 16.1 Å². The van der Waals surface area contributed by atoms with E-state index < -0.39 is 0 Å². The van der Waals surface area contributed by atoms with Crippen LogP contribution in [-0.2, 0) is 5.75 Å². The first-order valence-corrected chi connectivity index (χ1v) is 7.06. The number of thioether (sulfide) groups is 1. The van der Waals surface area contributed by atoms with E-state index in [9.17, 15) is 0 Å². The van der Waals surface area contributed by atoms with Gasteiger partial charge in [0.05, 0.1) is 12.0 Å². The molecule has 0 aliphatic rings. The molecule has 5 nitrogen and oxygen atoms in total. The maximum Gasteiger partial charge on any atom is 0.283 e. The lowest BCUT2D eigenvalue weighted by Crippen LogP contribution is -1.88. The van der Waals surface area contributed by atoms with Crippen molar-refractivity contribution in [1.82, 2.24) is 10.2 Å². The summed E-state index contributed by atoms with van der Waals surface area (Å²) in [6, 6.07) is 9.40. The van der Waals surface area contributed by atoms with E-state index >= 15 is 0 Å². The van der Waals surface area contributed by atoms with Crippen LogP contribution in [0.1, 0.15) is 11.5 Å². The zero-order chi connectivity index (χ0) is 13.9. The summed E-state index contributed by atoms with van der Waals surface area (Å²) in [5.41, 5.74) is 7.64. The number of hydrogen-bond acceptors (Lipinski definition) is 6. The predicted molar refractivity (Wildman–Crippen MR) is 77.2 cm³/mol. The Morgan fingerprint density at radius 2 is 2.15 bits per heavy atom. The van der Waals surface area contributed by atoms with Gasteiger partial charge >= 0.3 is 0 Å². The molecule has 0 fully saturated rings. The maximum absolute atomic E-state index is 5.73. The van der Waals surface area contributed by atoms with Crippen LogP contribution >= 0.6 is 11.8 Å². The van der Waals surface area contributed by atoms with Gasteiger partial charge in [0.1, 0.15) is 0 Å². The van der Waals surface area contributed by atoms with Crippen molar-refractivity contribution in [1.29, 1.82) is 0 Å². The Balaban J connectivity index is 1.70. The molecule has 0 aliphatic heterocycles. The van der Waals surface area contributed by atoms with Crippen LogP contribution in [0.2, 0.25) is 0 Å². The van der Waals surface area contributed by atoms with Crippen molar-refractivity contribution in [2.75, 3.05) is 5.73 Å². The lowest BCUT2D eigenvalue weighted by atomic mass is 10.2. The average Bonchev–Trinajstić information content (AvgIpc) is 3.08. The highest BCUT2D eigenvalue weighted by Crippen LogP contribution is 2.28. The van der Waals surface area contributed by atoms with Crippen LogP contribution in [0.5, 0.6) is 0 Å². The number of aromatic nitrogens is 2. The molecule has 0 bridgehead atoms. The number of nitrogens with two attached hydrogens (primary N) is 1. The largest absolute Gasteiger partial charge is 0.459 e. The topological polar surface area (TPSA) is 78.1 Å². The van der Waals surface area contributed by atoms with Crippen molar-refractivity contribution in [2.24, 2.45) is 0 Å². The van der Waals surface area contributed by atoms with E-state index in [0.29, 0.717) is 23.3 Å². The molecule has 0 saturated carbocycles. The van der Waals surface area contributed by atoms with Gasteiger partial charge in [0, 0.05) is 10.6 Å². The van der Waals surface area contributed by atoms with Gasteiger partial charge in [-0.1, -0.05) is 0 Å². The minimum atomic E-state index is 0.402. The fourth-order valence-corrected chi connectivity index (χ4v) is 2.63. The van der Waals surface area contributed by atoms with E-state index in [-0.39, 0.29) is 0 Å². The Hall–Kier alpha value is -2.21. The lowest BCUT2D eigenvalue weighted by Gasteiger charge is -2.04. The summed E-state index contributed by atoms with van der Waals surface area (Å²) < 4.78 is 10.8. The molecule has 1 aromatic carbocycles. The summed E-state index contributed by atoms with van der Waals surface area (Å²) in [5, 5.41) is 7.98. The van der Waals surface area contributed by atoms with E-state index in [1.54, 1.807) is 30.2 Å². The van der Waals surface area contributed by atoms with Gasteiger partial charge in [0.2, 0.25) is 5.89 Å². The Labute approximate surface area is 120 Å². The quantitative estimate of drug-likeness (QED) is 0.584. The number of nitrogens with zero attached hydrogens (tertiary/aromatic N) is 2. The van der Waals surface area contributed by atoms with E-state index in [1.807, 2.05) is 25.1 Å². The molecule has 0 spiro atoms. The molecular formula is C14H13N3O2S. The molecule has 102 valence electrons. The molecule has 0 saturated heterocycles. The molecule has 2 N–H and O–H groups in total. The molecular weight excluding hydrogens is 274 g/mol. The molecule has 2 aromatic heterocycles. The van der Waals surface area contributed by atoms with Crippen LogP contribution in [0, 0.1) is 6.92 Å². The maximum atomic E-state index is 5.73. The van der Waals surface area contributed by atoms with Crippen molar-refractivity contribution in [2.45, 2.75) is 17.6 Å². The summed E-state index contributed by atoms with van der Waals surface area (Å²) in [4.78, 5) is 1.15. The SMILES string of the molecule is Cc1cc(N)ccc1SCc1nnc(-c2ccco2)o1. The number of furan rings is 1. The molecule has 0 amide bonds. The van der Waals surface area contributed by atoms with Gasteiger partial charge in [-0.25, -0.2) is 0 Å². The predicted octanol–water partition coefficient (Wildman–Crippen LogP) is 3.51. The van der Waals surface area contributed by atoms with Crippen molar-refractivity contribution in [3.8, 4) is 11.7 Å². The monoisotopic (exact) mass is 287 g/mol. The molecule has 0 radical (unpaired) electrons.